The second-order valence-corrected chi connectivity index (χ2v) is 6.53. The van der Waals surface area contributed by atoms with E-state index < -0.39 is 0 Å². The molecular formula is C23H19FN2. The van der Waals surface area contributed by atoms with Crippen molar-refractivity contribution in [2.24, 2.45) is 4.99 Å². The van der Waals surface area contributed by atoms with E-state index in [9.17, 15) is 4.39 Å². The van der Waals surface area contributed by atoms with Crippen LogP contribution in [0.15, 0.2) is 71.9 Å². The van der Waals surface area contributed by atoms with Gasteiger partial charge in [-0.25, -0.2) is 4.39 Å². The van der Waals surface area contributed by atoms with Crippen LogP contribution in [0.1, 0.15) is 33.5 Å². The molecule has 0 atom stereocenters. The van der Waals surface area contributed by atoms with Gasteiger partial charge in [0.15, 0.2) is 0 Å². The summed E-state index contributed by atoms with van der Waals surface area (Å²) in [5, 5.41) is 0. The molecule has 0 radical (unpaired) electrons. The lowest BCUT2D eigenvalue weighted by atomic mass is 9.96. The molecule has 26 heavy (non-hydrogen) atoms. The molecule has 2 aromatic carbocycles. The summed E-state index contributed by atoms with van der Waals surface area (Å²) in [6.07, 6.45) is 6.50. The van der Waals surface area contributed by atoms with Crippen molar-refractivity contribution < 1.29 is 4.39 Å². The van der Waals surface area contributed by atoms with Gasteiger partial charge < -0.3 is 0 Å². The van der Waals surface area contributed by atoms with Crippen LogP contribution in [0.4, 0.5) is 4.39 Å². The van der Waals surface area contributed by atoms with Crippen molar-refractivity contribution in [2.75, 3.05) is 0 Å². The Bertz CT molecular complexity index is 1000. The second-order valence-electron chi connectivity index (χ2n) is 6.53. The molecule has 1 aliphatic heterocycles. The third-order valence-corrected chi connectivity index (χ3v) is 4.68. The van der Waals surface area contributed by atoms with Crippen LogP contribution in [-0.2, 0) is 13.0 Å². The molecule has 0 aliphatic carbocycles. The number of pyridine rings is 1. The van der Waals surface area contributed by atoms with Gasteiger partial charge in [-0.05, 0) is 78.1 Å². The minimum Gasteiger partial charge on any atom is -0.280 e. The third-order valence-electron chi connectivity index (χ3n) is 4.68. The zero-order valence-corrected chi connectivity index (χ0v) is 14.6. The third kappa shape index (κ3) is 3.47. The maximum atomic E-state index is 13.6. The van der Waals surface area contributed by atoms with Gasteiger partial charge in [0.25, 0.3) is 0 Å². The Morgan fingerprint density at radius 3 is 2.81 bits per heavy atom. The van der Waals surface area contributed by atoms with E-state index in [1.807, 2.05) is 43.3 Å². The lowest BCUT2D eigenvalue weighted by Gasteiger charge is -2.08. The molecule has 0 N–H and O–H groups in total. The Morgan fingerprint density at radius 2 is 1.96 bits per heavy atom. The molecule has 3 aromatic rings. The minimum absolute atomic E-state index is 0.188. The summed E-state index contributed by atoms with van der Waals surface area (Å²) in [5.74, 6) is -0.188. The standard InChI is InChI=1S/C23H19FN2/c1-16-5-8-20(24)14-19(16)12-17-6-7-18-15-26-23(22(18)13-17)10-9-21-4-2-3-11-25-21/h2-11,13-14H,12,15H2,1H3/b10-9+. The van der Waals surface area contributed by atoms with Gasteiger partial charge in [-0.2, -0.15) is 0 Å². The molecule has 2 heterocycles. The Hall–Kier alpha value is -3.07. The number of rotatable bonds is 4. The van der Waals surface area contributed by atoms with Crippen molar-refractivity contribution in [3.63, 3.8) is 0 Å². The highest BCUT2D eigenvalue weighted by molar-refractivity contribution is 6.13. The first-order chi connectivity index (χ1) is 12.7. The SMILES string of the molecule is Cc1ccc(F)cc1Cc1ccc2c(c1)C(/C=C/c1ccccn1)=NC2. The molecule has 0 fully saturated rings. The highest BCUT2D eigenvalue weighted by Gasteiger charge is 2.14. The van der Waals surface area contributed by atoms with E-state index in [4.69, 9.17) is 0 Å². The minimum atomic E-state index is -0.188. The molecular weight excluding hydrogens is 323 g/mol. The number of aryl methyl sites for hydroxylation is 1. The van der Waals surface area contributed by atoms with Crippen LogP contribution in [0, 0.1) is 12.7 Å². The van der Waals surface area contributed by atoms with Crippen molar-refractivity contribution >= 4 is 11.8 Å². The Balaban J connectivity index is 1.59. The Kier molecular flexibility index (Phi) is 4.44. The van der Waals surface area contributed by atoms with Crippen LogP contribution in [0.3, 0.4) is 0 Å². The van der Waals surface area contributed by atoms with E-state index in [0.717, 1.165) is 28.1 Å². The fourth-order valence-corrected chi connectivity index (χ4v) is 3.20. The van der Waals surface area contributed by atoms with Crippen LogP contribution in [0.2, 0.25) is 0 Å². The van der Waals surface area contributed by atoms with Crippen LogP contribution in [0.25, 0.3) is 6.08 Å². The van der Waals surface area contributed by atoms with Gasteiger partial charge in [0.2, 0.25) is 0 Å². The molecule has 1 aliphatic rings. The number of benzene rings is 2. The fourth-order valence-electron chi connectivity index (χ4n) is 3.20. The number of aliphatic imine (C=N–C) groups is 1. The van der Waals surface area contributed by atoms with Crippen LogP contribution >= 0.6 is 0 Å². The van der Waals surface area contributed by atoms with Gasteiger partial charge in [0, 0.05) is 11.8 Å². The van der Waals surface area contributed by atoms with Gasteiger partial charge in [0.05, 0.1) is 18.0 Å². The zero-order valence-electron chi connectivity index (χ0n) is 14.6. The molecule has 2 nitrogen and oxygen atoms in total. The summed E-state index contributed by atoms with van der Waals surface area (Å²) in [5.41, 5.74) is 7.56. The Morgan fingerprint density at radius 1 is 1.04 bits per heavy atom. The number of hydrogen-bond acceptors (Lipinski definition) is 2. The summed E-state index contributed by atoms with van der Waals surface area (Å²) in [4.78, 5) is 8.95. The Labute approximate surface area is 152 Å². The van der Waals surface area contributed by atoms with Crippen LogP contribution in [-0.4, -0.2) is 10.7 Å². The zero-order chi connectivity index (χ0) is 17.9. The predicted molar refractivity (Wildman–Crippen MR) is 104 cm³/mol. The summed E-state index contributed by atoms with van der Waals surface area (Å²) in [7, 11) is 0. The fraction of sp³-hybridized carbons (Fsp3) is 0.130. The lowest BCUT2D eigenvalue weighted by molar-refractivity contribution is 0.625. The summed E-state index contributed by atoms with van der Waals surface area (Å²) in [6.45, 7) is 2.72. The van der Waals surface area contributed by atoms with E-state index >= 15 is 0 Å². The molecule has 128 valence electrons. The molecule has 0 saturated carbocycles. The summed E-state index contributed by atoms with van der Waals surface area (Å²) >= 11 is 0. The normalized spacial score (nSPS) is 13.1. The molecule has 0 amide bonds. The van der Waals surface area contributed by atoms with E-state index in [0.29, 0.717) is 13.0 Å². The molecule has 3 heteroatoms. The molecule has 0 saturated heterocycles. The number of halogens is 1. The van der Waals surface area contributed by atoms with Crippen LogP contribution < -0.4 is 0 Å². The van der Waals surface area contributed by atoms with E-state index in [-0.39, 0.29) is 5.82 Å². The molecule has 1 aromatic heterocycles. The molecule has 0 spiro atoms. The van der Waals surface area contributed by atoms with Gasteiger partial charge >= 0.3 is 0 Å². The van der Waals surface area contributed by atoms with Gasteiger partial charge in [0.1, 0.15) is 5.82 Å². The van der Waals surface area contributed by atoms with E-state index in [1.54, 1.807) is 12.3 Å². The highest BCUT2D eigenvalue weighted by atomic mass is 19.1. The van der Waals surface area contributed by atoms with Crippen molar-refractivity contribution in [3.05, 3.63) is 106 Å². The monoisotopic (exact) mass is 342 g/mol. The smallest absolute Gasteiger partial charge is 0.123 e. The predicted octanol–water partition coefficient (Wildman–Crippen LogP) is 5.14. The van der Waals surface area contributed by atoms with Gasteiger partial charge in [-0.3, -0.25) is 9.98 Å². The van der Waals surface area contributed by atoms with Gasteiger partial charge in [-0.15, -0.1) is 0 Å². The van der Waals surface area contributed by atoms with Gasteiger partial charge in [-0.1, -0.05) is 24.3 Å². The van der Waals surface area contributed by atoms with Crippen LogP contribution in [0.5, 0.6) is 0 Å². The van der Waals surface area contributed by atoms with Crippen molar-refractivity contribution in [2.45, 2.75) is 19.9 Å². The first kappa shape index (κ1) is 16.4. The first-order valence-corrected chi connectivity index (χ1v) is 8.70. The quantitative estimate of drug-likeness (QED) is 0.645. The molecule has 4 rings (SSSR count). The molecule has 0 unspecified atom stereocenters. The average molecular weight is 342 g/mol. The second kappa shape index (κ2) is 7.04. The number of nitrogens with zero attached hydrogens (tertiary/aromatic N) is 2. The number of fused-ring (bicyclic) bond motifs is 1. The lowest BCUT2D eigenvalue weighted by Crippen LogP contribution is -1.98. The van der Waals surface area contributed by atoms with Crippen molar-refractivity contribution in [1.29, 1.82) is 0 Å². The highest BCUT2D eigenvalue weighted by Crippen LogP contribution is 2.24. The molecule has 0 bridgehead atoms. The maximum absolute atomic E-state index is 13.6. The average Bonchev–Trinajstić information content (AvgIpc) is 3.06. The number of allylic oxidation sites excluding steroid dienone is 1. The summed E-state index contributed by atoms with van der Waals surface area (Å²) in [6, 6.07) is 17.2. The van der Waals surface area contributed by atoms with E-state index in [2.05, 4.69) is 28.2 Å². The van der Waals surface area contributed by atoms with E-state index in [1.165, 1.54) is 17.2 Å². The van der Waals surface area contributed by atoms with Crippen molar-refractivity contribution in [1.82, 2.24) is 4.98 Å². The number of aromatic nitrogens is 1. The largest absolute Gasteiger partial charge is 0.280 e. The van der Waals surface area contributed by atoms with Crippen molar-refractivity contribution in [3.8, 4) is 0 Å². The first-order valence-electron chi connectivity index (χ1n) is 8.70. The topological polar surface area (TPSA) is 25.2 Å². The number of hydrogen-bond donors (Lipinski definition) is 0. The maximum Gasteiger partial charge on any atom is 0.123 e. The summed E-state index contributed by atoms with van der Waals surface area (Å²) < 4.78 is 13.6.